The number of hydrogen-bond acceptors (Lipinski definition) is 3. The third-order valence-electron chi connectivity index (χ3n) is 2.58. The summed E-state index contributed by atoms with van der Waals surface area (Å²) < 4.78 is 0. The summed E-state index contributed by atoms with van der Waals surface area (Å²) in [4.78, 5) is 5.60. The van der Waals surface area contributed by atoms with E-state index in [9.17, 15) is 0 Å². The zero-order chi connectivity index (χ0) is 12.3. The van der Waals surface area contributed by atoms with Crippen LogP contribution in [-0.4, -0.2) is 4.98 Å². The number of benzene rings is 1. The molecular weight excluding hydrogens is 228 g/mol. The van der Waals surface area contributed by atoms with Gasteiger partial charge in [0, 0.05) is 17.6 Å². The minimum Gasteiger partial charge on any atom is -0.326 e. The molecule has 1 heterocycles. The zero-order valence-corrected chi connectivity index (χ0v) is 10.9. The number of aromatic nitrogens is 1. The number of aryl methyl sites for hydroxylation is 2. The molecule has 0 aliphatic carbocycles. The van der Waals surface area contributed by atoms with Crippen molar-refractivity contribution in [1.82, 2.24) is 4.98 Å². The fourth-order valence-electron chi connectivity index (χ4n) is 1.66. The molecule has 0 radical (unpaired) electrons. The van der Waals surface area contributed by atoms with Gasteiger partial charge in [-0.2, -0.15) is 0 Å². The number of nitrogens with two attached hydrogens (primary N) is 1. The monoisotopic (exact) mass is 244 g/mol. The van der Waals surface area contributed by atoms with E-state index in [4.69, 9.17) is 5.73 Å². The summed E-state index contributed by atoms with van der Waals surface area (Å²) >= 11 is 1.69. The van der Waals surface area contributed by atoms with Crippen LogP contribution in [0.15, 0.2) is 46.5 Å². The maximum Gasteiger partial charge on any atom is 0.101 e. The van der Waals surface area contributed by atoms with Crippen LogP contribution in [0.1, 0.15) is 16.7 Å². The van der Waals surface area contributed by atoms with E-state index >= 15 is 0 Å². The topological polar surface area (TPSA) is 38.9 Å². The molecule has 0 unspecified atom stereocenters. The Hall–Kier alpha value is -1.32. The van der Waals surface area contributed by atoms with Crippen LogP contribution in [-0.2, 0) is 6.54 Å². The van der Waals surface area contributed by atoms with Crippen molar-refractivity contribution in [1.29, 1.82) is 0 Å². The maximum atomic E-state index is 5.62. The second-order valence-corrected chi connectivity index (χ2v) is 5.14. The fourth-order valence-corrected chi connectivity index (χ4v) is 2.56. The lowest BCUT2D eigenvalue weighted by molar-refractivity contribution is 1.02. The molecule has 0 atom stereocenters. The van der Waals surface area contributed by atoms with Crippen LogP contribution in [0.25, 0.3) is 0 Å². The Kier molecular flexibility index (Phi) is 3.82. The van der Waals surface area contributed by atoms with Crippen molar-refractivity contribution in [2.75, 3.05) is 0 Å². The SMILES string of the molecule is Cc1ccc(Sc2cc(CN)ccn2)c(C)c1. The van der Waals surface area contributed by atoms with E-state index in [1.165, 1.54) is 16.0 Å². The standard InChI is InChI=1S/C14H16N2S/c1-10-3-4-13(11(2)7-10)17-14-8-12(9-15)5-6-16-14/h3-8H,9,15H2,1-2H3. The van der Waals surface area contributed by atoms with Crippen LogP contribution in [0.5, 0.6) is 0 Å². The Morgan fingerprint density at radius 3 is 2.71 bits per heavy atom. The molecule has 0 fully saturated rings. The molecule has 0 bridgehead atoms. The van der Waals surface area contributed by atoms with Gasteiger partial charge in [-0.25, -0.2) is 4.98 Å². The molecule has 2 nitrogen and oxygen atoms in total. The van der Waals surface area contributed by atoms with Crippen molar-refractivity contribution in [2.24, 2.45) is 5.73 Å². The minimum atomic E-state index is 0.558. The highest BCUT2D eigenvalue weighted by atomic mass is 32.2. The number of pyridine rings is 1. The summed E-state index contributed by atoms with van der Waals surface area (Å²) in [7, 11) is 0. The molecule has 0 saturated heterocycles. The Morgan fingerprint density at radius 2 is 2.00 bits per heavy atom. The third kappa shape index (κ3) is 3.08. The van der Waals surface area contributed by atoms with Crippen LogP contribution in [0.2, 0.25) is 0 Å². The summed E-state index contributed by atoms with van der Waals surface area (Å²) in [5.74, 6) is 0. The zero-order valence-electron chi connectivity index (χ0n) is 10.1. The predicted molar refractivity (Wildman–Crippen MR) is 72.2 cm³/mol. The number of hydrogen-bond donors (Lipinski definition) is 1. The van der Waals surface area contributed by atoms with Crippen LogP contribution >= 0.6 is 11.8 Å². The largest absolute Gasteiger partial charge is 0.326 e. The van der Waals surface area contributed by atoms with Gasteiger partial charge in [0.25, 0.3) is 0 Å². The molecule has 2 N–H and O–H groups in total. The molecule has 0 aliphatic heterocycles. The van der Waals surface area contributed by atoms with Crippen LogP contribution < -0.4 is 5.73 Å². The van der Waals surface area contributed by atoms with E-state index in [0.29, 0.717) is 6.54 Å². The van der Waals surface area contributed by atoms with Gasteiger partial charge in [-0.05, 0) is 43.2 Å². The average Bonchev–Trinajstić information content (AvgIpc) is 2.33. The number of nitrogens with zero attached hydrogens (tertiary/aromatic N) is 1. The van der Waals surface area contributed by atoms with Gasteiger partial charge in [-0.3, -0.25) is 0 Å². The smallest absolute Gasteiger partial charge is 0.101 e. The Morgan fingerprint density at radius 1 is 1.18 bits per heavy atom. The maximum absolute atomic E-state index is 5.62. The van der Waals surface area contributed by atoms with Gasteiger partial charge >= 0.3 is 0 Å². The molecule has 1 aromatic carbocycles. The lowest BCUT2D eigenvalue weighted by Gasteiger charge is -2.06. The quantitative estimate of drug-likeness (QED) is 0.900. The summed E-state index contributed by atoms with van der Waals surface area (Å²) in [6.45, 7) is 4.79. The fraction of sp³-hybridized carbons (Fsp3) is 0.214. The molecule has 88 valence electrons. The van der Waals surface area contributed by atoms with E-state index < -0.39 is 0 Å². The Balaban J connectivity index is 2.25. The first-order chi connectivity index (χ1) is 8.19. The molecule has 0 saturated carbocycles. The van der Waals surface area contributed by atoms with Gasteiger partial charge in [-0.1, -0.05) is 29.5 Å². The van der Waals surface area contributed by atoms with E-state index in [0.717, 1.165) is 10.6 Å². The molecule has 2 aromatic rings. The highest BCUT2D eigenvalue weighted by molar-refractivity contribution is 7.99. The van der Waals surface area contributed by atoms with Gasteiger partial charge in [-0.15, -0.1) is 0 Å². The van der Waals surface area contributed by atoms with E-state index in [1.807, 2.05) is 18.3 Å². The van der Waals surface area contributed by atoms with E-state index in [-0.39, 0.29) is 0 Å². The summed E-state index contributed by atoms with van der Waals surface area (Å²) in [5.41, 5.74) is 9.32. The summed E-state index contributed by atoms with van der Waals surface area (Å²) in [5, 5.41) is 1.000. The van der Waals surface area contributed by atoms with Gasteiger partial charge in [0.1, 0.15) is 5.03 Å². The van der Waals surface area contributed by atoms with Crippen molar-refractivity contribution >= 4 is 11.8 Å². The van der Waals surface area contributed by atoms with Gasteiger partial charge in [0.05, 0.1) is 0 Å². The molecule has 0 amide bonds. The normalized spacial score (nSPS) is 10.5. The van der Waals surface area contributed by atoms with Crippen molar-refractivity contribution in [3.05, 3.63) is 53.2 Å². The van der Waals surface area contributed by atoms with Crippen LogP contribution in [0, 0.1) is 13.8 Å². The molecular formula is C14H16N2S. The lowest BCUT2D eigenvalue weighted by Crippen LogP contribution is -1.96. The van der Waals surface area contributed by atoms with E-state index in [1.54, 1.807) is 11.8 Å². The molecule has 3 heteroatoms. The Labute approximate surface area is 106 Å². The molecule has 2 rings (SSSR count). The van der Waals surface area contributed by atoms with Gasteiger partial charge < -0.3 is 5.73 Å². The first kappa shape index (κ1) is 12.1. The highest BCUT2D eigenvalue weighted by Gasteiger charge is 2.03. The van der Waals surface area contributed by atoms with Crippen molar-refractivity contribution in [3.63, 3.8) is 0 Å². The van der Waals surface area contributed by atoms with Crippen molar-refractivity contribution < 1.29 is 0 Å². The van der Waals surface area contributed by atoms with Crippen LogP contribution in [0.4, 0.5) is 0 Å². The number of rotatable bonds is 3. The second-order valence-electron chi connectivity index (χ2n) is 4.08. The lowest BCUT2D eigenvalue weighted by atomic mass is 10.2. The first-order valence-electron chi connectivity index (χ1n) is 5.59. The third-order valence-corrected chi connectivity index (χ3v) is 3.69. The van der Waals surface area contributed by atoms with Crippen molar-refractivity contribution in [3.8, 4) is 0 Å². The average molecular weight is 244 g/mol. The van der Waals surface area contributed by atoms with Gasteiger partial charge in [0.2, 0.25) is 0 Å². The summed E-state index contributed by atoms with van der Waals surface area (Å²) in [6, 6.07) is 10.5. The molecule has 0 spiro atoms. The van der Waals surface area contributed by atoms with E-state index in [2.05, 4.69) is 37.0 Å². The molecule has 1 aromatic heterocycles. The minimum absolute atomic E-state index is 0.558. The Bertz CT molecular complexity index is 523. The first-order valence-corrected chi connectivity index (χ1v) is 6.41. The summed E-state index contributed by atoms with van der Waals surface area (Å²) in [6.07, 6.45) is 1.81. The molecule has 17 heavy (non-hydrogen) atoms. The highest BCUT2D eigenvalue weighted by Crippen LogP contribution is 2.29. The predicted octanol–water partition coefficient (Wildman–Crippen LogP) is 3.31. The van der Waals surface area contributed by atoms with Crippen molar-refractivity contribution in [2.45, 2.75) is 30.3 Å². The van der Waals surface area contributed by atoms with Crippen LogP contribution in [0.3, 0.4) is 0 Å². The van der Waals surface area contributed by atoms with Gasteiger partial charge in [0.15, 0.2) is 0 Å². The molecule has 0 aliphatic rings. The second kappa shape index (κ2) is 5.34.